The highest BCUT2D eigenvalue weighted by molar-refractivity contribution is 9.10. The minimum absolute atomic E-state index is 0.134. The molecule has 6 heteroatoms. The lowest BCUT2D eigenvalue weighted by molar-refractivity contribution is -0.142. The van der Waals surface area contributed by atoms with Gasteiger partial charge in [-0.25, -0.2) is 0 Å². The molecule has 156 valence electrons. The minimum Gasteiger partial charge on any atom is -0.484 e. The van der Waals surface area contributed by atoms with Crippen molar-refractivity contribution in [2.24, 2.45) is 0 Å². The second kappa shape index (κ2) is 9.92. The van der Waals surface area contributed by atoms with Gasteiger partial charge in [0.1, 0.15) is 11.8 Å². The summed E-state index contributed by atoms with van der Waals surface area (Å²) in [6.45, 7) is 9.63. The van der Waals surface area contributed by atoms with Gasteiger partial charge in [-0.1, -0.05) is 40.2 Å². The second-order valence-electron chi connectivity index (χ2n) is 8.17. The Hall–Kier alpha value is -2.34. The molecule has 0 saturated heterocycles. The van der Waals surface area contributed by atoms with Crippen LogP contribution in [0.3, 0.4) is 0 Å². The van der Waals surface area contributed by atoms with Crippen molar-refractivity contribution >= 4 is 27.7 Å². The van der Waals surface area contributed by atoms with Crippen molar-refractivity contribution in [3.05, 3.63) is 64.1 Å². The summed E-state index contributed by atoms with van der Waals surface area (Å²) in [5.74, 6) is 0.187. The molecule has 0 bridgehead atoms. The van der Waals surface area contributed by atoms with E-state index in [1.165, 1.54) is 0 Å². The lowest BCUT2D eigenvalue weighted by Gasteiger charge is -2.31. The third kappa shape index (κ3) is 7.54. The third-order valence-electron chi connectivity index (χ3n) is 4.26. The van der Waals surface area contributed by atoms with E-state index in [2.05, 4.69) is 21.2 Å². The number of benzene rings is 2. The van der Waals surface area contributed by atoms with Crippen LogP contribution in [0.2, 0.25) is 0 Å². The molecule has 0 aliphatic carbocycles. The summed E-state index contributed by atoms with van der Waals surface area (Å²) in [4.78, 5) is 27.3. The SMILES string of the molecule is Cc1cccc(OCC(=O)N(Cc2cccc(Br)c2)C(C)C(=O)NC(C)(C)C)c1. The minimum atomic E-state index is -0.637. The number of hydrogen-bond acceptors (Lipinski definition) is 3. The Labute approximate surface area is 181 Å². The predicted octanol–water partition coefficient (Wildman–Crippen LogP) is 4.47. The lowest BCUT2D eigenvalue weighted by Crippen LogP contribution is -2.53. The molecule has 5 nitrogen and oxygen atoms in total. The summed E-state index contributed by atoms with van der Waals surface area (Å²) in [6.07, 6.45) is 0. The molecule has 29 heavy (non-hydrogen) atoms. The monoisotopic (exact) mass is 460 g/mol. The maximum absolute atomic E-state index is 13.0. The maximum Gasteiger partial charge on any atom is 0.261 e. The zero-order valence-corrected chi connectivity index (χ0v) is 19.2. The first-order valence-corrected chi connectivity index (χ1v) is 10.4. The first kappa shape index (κ1) is 22.9. The molecular formula is C23H29BrN2O3. The number of carbonyl (C=O) groups excluding carboxylic acids is 2. The number of aryl methyl sites for hydroxylation is 1. The van der Waals surface area contributed by atoms with Crippen molar-refractivity contribution in [1.82, 2.24) is 10.2 Å². The number of amides is 2. The second-order valence-corrected chi connectivity index (χ2v) is 9.09. The van der Waals surface area contributed by atoms with Gasteiger partial charge in [0.2, 0.25) is 5.91 Å². The molecule has 0 radical (unpaired) electrons. The Bertz CT molecular complexity index is 861. The molecule has 1 N–H and O–H groups in total. The molecule has 2 amide bonds. The van der Waals surface area contributed by atoms with Crippen molar-refractivity contribution in [1.29, 1.82) is 0 Å². The number of hydrogen-bond donors (Lipinski definition) is 1. The van der Waals surface area contributed by atoms with Crippen LogP contribution in [0.1, 0.15) is 38.8 Å². The summed E-state index contributed by atoms with van der Waals surface area (Å²) in [6, 6.07) is 14.6. The largest absolute Gasteiger partial charge is 0.484 e. The van der Waals surface area contributed by atoms with E-state index in [4.69, 9.17) is 4.74 Å². The van der Waals surface area contributed by atoms with E-state index in [0.717, 1.165) is 15.6 Å². The Morgan fingerprint density at radius 1 is 1.14 bits per heavy atom. The van der Waals surface area contributed by atoms with E-state index in [-0.39, 0.29) is 24.0 Å². The van der Waals surface area contributed by atoms with Crippen molar-refractivity contribution in [3.63, 3.8) is 0 Å². The van der Waals surface area contributed by atoms with Gasteiger partial charge < -0.3 is 15.0 Å². The molecule has 2 rings (SSSR count). The van der Waals surface area contributed by atoms with Crippen LogP contribution >= 0.6 is 15.9 Å². The standard InChI is InChI=1S/C23H29BrN2O3/c1-16-8-6-11-20(12-16)29-15-21(27)26(14-18-9-7-10-19(24)13-18)17(2)22(28)25-23(3,4)5/h6-13,17H,14-15H2,1-5H3,(H,25,28). The first-order valence-electron chi connectivity index (χ1n) is 9.60. The highest BCUT2D eigenvalue weighted by Gasteiger charge is 2.28. The molecule has 0 heterocycles. The van der Waals surface area contributed by atoms with Crippen LogP contribution in [0, 0.1) is 6.92 Å². The summed E-state index contributed by atoms with van der Waals surface area (Å²) in [5.41, 5.74) is 1.60. The van der Waals surface area contributed by atoms with E-state index < -0.39 is 6.04 Å². The maximum atomic E-state index is 13.0. The molecule has 2 aromatic rings. The number of nitrogens with zero attached hydrogens (tertiary/aromatic N) is 1. The zero-order chi connectivity index (χ0) is 21.6. The number of nitrogens with one attached hydrogen (secondary N) is 1. The molecule has 0 fully saturated rings. The summed E-state index contributed by atoms with van der Waals surface area (Å²) in [7, 11) is 0. The predicted molar refractivity (Wildman–Crippen MR) is 119 cm³/mol. The van der Waals surface area contributed by atoms with Crippen LogP contribution in [0.25, 0.3) is 0 Å². The Morgan fingerprint density at radius 3 is 2.45 bits per heavy atom. The molecular weight excluding hydrogens is 432 g/mol. The molecule has 0 spiro atoms. The summed E-state index contributed by atoms with van der Waals surface area (Å²) < 4.78 is 6.61. The fraction of sp³-hybridized carbons (Fsp3) is 0.391. The Balaban J connectivity index is 2.18. The van der Waals surface area contributed by atoms with Crippen LogP contribution in [-0.2, 0) is 16.1 Å². The van der Waals surface area contributed by atoms with Gasteiger partial charge in [-0.2, -0.15) is 0 Å². The van der Waals surface area contributed by atoms with E-state index in [1.807, 2.05) is 76.2 Å². The van der Waals surface area contributed by atoms with E-state index in [0.29, 0.717) is 12.3 Å². The van der Waals surface area contributed by atoms with Crippen LogP contribution in [0.4, 0.5) is 0 Å². The van der Waals surface area contributed by atoms with Gasteiger partial charge in [-0.05, 0) is 70.0 Å². The average Bonchev–Trinajstić information content (AvgIpc) is 2.62. The highest BCUT2D eigenvalue weighted by Crippen LogP contribution is 2.17. The number of carbonyl (C=O) groups is 2. The van der Waals surface area contributed by atoms with Crippen LogP contribution in [0.5, 0.6) is 5.75 Å². The van der Waals surface area contributed by atoms with Gasteiger partial charge in [0.15, 0.2) is 6.61 Å². The average molecular weight is 461 g/mol. The number of halogens is 1. The topological polar surface area (TPSA) is 58.6 Å². The quantitative estimate of drug-likeness (QED) is 0.662. The van der Waals surface area contributed by atoms with E-state index in [1.54, 1.807) is 11.8 Å². The molecule has 2 aromatic carbocycles. The molecule has 0 aliphatic heterocycles. The normalized spacial score (nSPS) is 12.2. The van der Waals surface area contributed by atoms with Crippen molar-refractivity contribution < 1.29 is 14.3 Å². The third-order valence-corrected chi connectivity index (χ3v) is 4.75. The Kier molecular flexibility index (Phi) is 7.85. The van der Waals surface area contributed by atoms with Gasteiger partial charge in [0.25, 0.3) is 5.91 Å². The van der Waals surface area contributed by atoms with Gasteiger partial charge in [0.05, 0.1) is 0 Å². The number of rotatable bonds is 7. The van der Waals surface area contributed by atoms with Crippen molar-refractivity contribution in [2.45, 2.75) is 52.7 Å². The zero-order valence-electron chi connectivity index (χ0n) is 17.7. The van der Waals surface area contributed by atoms with E-state index >= 15 is 0 Å². The van der Waals surface area contributed by atoms with Crippen LogP contribution in [0.15, 0.2) is 53.0 Å². The number of ether oxygens (including phenoxy) is 1. The molecule has 1 unspecified atom stereocenters. The van der Waals surface area contributed by atoms with Crippen molar-refractivity contribution in [2.75, 3.05) is 6.61 Å². The molecule has 0 aromatic heterocycles. The van der Waals surface area contributed by atoms with E-state index in [9.17, 15) is 9.59 Å². The Morgan fingerprint density at radius 2 is 1.83 bits per heavy atom. The fourth-order valence-electron chi connectivity index (χ4n) is 2.82. The molecule has 0 saturated carbocycles. The van der Waals surface area contributed by atoms with Gasteiger partial charge in [0, 0.05) is 16.6 Å². The smallest absolute Gasteiger partial charge is 0.261 e. The molecule has 1 atom stereocenters. The molecule has 0 aliphatic rings. The van der Waals surface area contributed by atoms with Crippen molar-refractivity contribution in [3.8, 4) is 5.75 Å². The summed E-state index contributed by atoms with van der Waals surface area (Å²) >= 11 is 3.46. The van der Waals surface area contributed by atoms with Crippen LogP contribution < -0.4 is 10.1 Å². The van der Waals surface area contributed by atoms with Gasteiger partial charge in [-0.3, -0.25) is 9.59 Å². The van der Waals surface area contributed by atoms with Gasteiger partial charge in [-0.15, -0.1) is 0 Å². The lowest BCUT2D eigenvalue weighted by atomic mass is 10.1. The summed E-state index contributed by atoms with van der Waals surface area (Å²) in [5, 5.41) is 2.95. The fourth-order valence-corrected chi connectivity index (χ4v) is 3.27. The highest BCUT2D eigenvalue weighted by atomic mass is 79.9. The van der Waals surface area contributed by atoms with Crippen LogP contribution in [-0.4, -0.2) is 34.9 Å². The first-order chi connectivity index (χ1) is 13.5. The van der Waals surface area contributed by atoms with Gasteiger partial charge >= 0.3 is 0 Å².